The highest BCUT2D eigenvalue weighted by molar-refractivity contribution is 8.00. The molecule has 0 bridgehead atoms. The van der Waals surface area contributed by atoms with Gasteiger partial charge in [-0.15, -0.1) is 11.8 Å². The molecule has 0 saturated heterocycles. The molecule has 0 aliphatic carbocycles. The Labute approximate surface area is 78.7 Å². The Morgan fingerprint density at radius 2 is 2.27 bits per heavy atom. The van der Waals surface area contributed by atoms with Gasteiger partial charge in [0.2, 0.25) is 0 Å². The number of hydrogen-bond donors (Lipinski definition) is 0. The van der Waals surface area contributed by atoms with Crippen molar-refractivity contribution in [1.29, 1.82) is 0 Å². The molecule has 0 aromatic carbocycles. The Kier molecular flexibility index (Phi) is 11.3. The zero-order valence-electron chi connectivity index (χ0n) is 7.04. The molecule has 0 spiro atoms. The molecule has 0 fully saturated rings. The van der Waals surface area contributed by atoms with E-state index in [2.05, 4.69) is 6.26 Å². The maximum Gasteiger partial charge on any atom is 0.0921 e. The minimum absolute atomic E-state index is 0.775. The Bertz CT molecular complexity index is 61.1. The highest BCUT2D eigenvalue weighted by Gasteiger charge is 1.88. The summed E-state index contributed by atoms with van der Waals surface area (Å²) in [5.41, 5.74) is 0. The van der Waals surface area contributed by atoms with E-state index in [0.29, 0.717) is 0 Å². The summed E-state index contributed by atoms with van der Waals surface area (Å²) in [6.45, 7) is 2.78. The van der Waals surface area contributed by atoms with Crippen molar-refractivity contribution in [3.05, 3.63) is 12.7 Å². The third kappa shape index (κ3) is 10.7. The smallest absolute Gasteiger partial charge is 0.0921 e. The molecule has 0 atom stereocenters. The average Bonchev–Trinajstić information content (AvgIpc) is 2.03. The lowest BCUT2D eigenvalue weighted by Gasteiger charge is -2.00. The van der Waals surface area contributed by atoms with E-state index in [1.54, 1.807) is 11.8 Å². The second-order valence-electron chi connectivity index (χ2n) is 2.07. The first-order chi connectivity index (χ1) is 5.41. The standard InChI is InChI=1S/C8H16OS2/c1-3-5-9-8-11-7-4-6-10-2/h3H,2,4-8H2,1H3. The van der Waals surface area contributed by atoms with Crippen molar-refractivity contribution in [1.82, 2.24) is 0 Å². The summed E-state index contributed by atoms with van der Waals surface area (Å²) in [4.78, 5) is 0. The third-order valence-electron chi connectivity index (χ3n) is 1.03. The summed E-state index contributed by atoms with van der Waals surface area (Å²) >= 11 is 3.51. The van der Waals surface area contributed by atoms with Gasteiger partial charge >= 0.3 is 0 Å². The van der Waals surface area contributed by atoms with Gasteiger partial charge in [0.15, 0.2) is 0 Å². The van der Waals surface area contributed by atoms with Crippen molar-refractivity contribution in [2.45, 2.75) is 13.3 Å². The van der Waals surface area contributed by atoms with Crippen molar-refractivity contribution >= 4 is 23.5 Å². The second-order valence-corrected chi connectivity index (χ2v) is 3.94. The molecule has 3 heteroatoms. The van der Waals surface area contributed by atoms with Crippen molar-refractivity contribution in [2.24, 2.45) is 0 Å². The van der Waals surface area contributed by atoms with Crippen molar-refractivity contribution < 1.29 is 4.74 Å². The van der Waals surface area contributed by atoms with Crippen LogP contribution in [0.25, 0.3) is 0 Å². The molecule has 0 unspecified atom stereocenters. The quantitative estimate of drug-likeness (QED) is 0.432. The van der Waals surface area contributed by atoms with Crippen LogP contribution in [0.15, 0.2) is 0 Å². The molecule has 1 nitrogen and oxygen atoms in total. The molecule has 0 rings (SSSR count). The predicted octanol–water partition coefficient (Wildman–Crippen LogP) is 2.83. The number of ether oxygens (including phenoxy) is 1. The predicted molar refractivity (Wildman–Crippen MR) is 55.7 cm³/mol. The van der Waals surface area contributed by atoms with Crippen molar-refractivity contribution in [3.63, 3.8) is 0 Å². The lowest BCUT2D eigenvalue weighted by Crippen LogP contribution is -1.93. The minimum atomic E-state index is 0.775. The zero-order valence-corrected chi connectivity index (χ0v) is 8.68. The first-order valence-electron chi connectivity index (χ1n) is 3.72. The highest BCUT2D eigenvalue weighted by Crippen LogP contribution is 2.06. The Hall–Kier alpha value is 0.660. The fourth-order valence-electron chi connectivity index (χ4n) is 0.547. The van der Waals surface area contributed by atoms with E-state index in [-0.39, 0.29) is 0 Å². The van der Waals surface area contributed by atoms with Gasteiger partial charge in [0.05, 0.1) is 12.5 Å². The van der Waals surface area contributed by atoms with Crippen LogP contribution >= 0.6 is 23.5 Å². The van der Waals surface area contributed by atoms with Crippen LogP contribution in [0, 0.1) is 12.7 Å². The van der Waals surface area contributed by atoms with Crippen LogP contribution < -0.4 is 0 Å². The van der Waals surface area contributed by atoms with Crippen molar-refractivity contribution in [2.75, 3.05) is 24.1 Å². The van der Waals surface area contributed by atoms with Gasteiger partial charge < -0.3 is 4.74 Å². The number of thioether (sulfide) groups is 2. The maximum absolute atomic E-state index is 5.25. The monoisotopic (exact) mass is 192 g/mol. The molecule has 0 N–H and O–H groups in total. The topological polar surface area (TPSA) is 9.23 Å². The summed E-state index contributed by atoms with van der Waals surface area (Å²) in [6, 6.07) is 0. The van der Waals surface area contributed by atoms with E-state index >= 15 is 0 Å². The van der Waals surface area contributed by atoms with Gasteiger partial charge in [-0.2, -0.15) is 11.8 Å². The van der Waals surface area contributed by atoms with Crippen LogP contribution in [-0.2, 0) is 4.74 Å². The van der Waals surface area contributed by atoms with Gasteiger partial charge in [0.25, 0.3) is 0 Å². The van der Waals surface area contributed by atoms with Crippen molar-refractivity contribution in [3.8, 4) is 0 Å². The summed E-state index contributed by atoms with van der Waals surface area (Å²) in [7, 11) is 0. The fourth-order valence-corrected chi connectivity index (χ4v) is 1.76. The van der Waals surface area contributed by atoms with Crippen LogP contribution in [0.3, 0.4) is 0 Å². The molecule has 11 heavy (non-hydrogen) atoms. The average molecular weight is 192 g/mol. The molecular weight excluding hydrogens is 176 g/mol. The Morgan fingerprint density at radius 3 is 2.91 bits per heavy atom. The lowest BCUT2D eigenvalue weighted by molar-refractivity contribution is 0.207. The summed E-state index contributed by atoms with van der Waals surface area (Å²) in [5, 5.41) is 0. The first-order valence-corrected chi connectivity index (χ1v) is 6.03. The largest absolute Gasteiger partial charge is 0.371 e. The van der Waals surface area contributed by atoms with Crippen LogP contribution in [-0.4, -0.2) is 24.1 Å². The van der Waals surface area contributed by atoms with Crippen LogP contribution in [0.1, 0.15) is 13.3 Å². The summed E-state index contributed by atoms with van der Waals surface area (Å²) in [5.74, 6) is 3.17. The molecule has 0 aromatic rings. The molecule has 66 valence electrons. The maximum atomic E-state index is 5.25. The highest BCUT2D eigenvalue weighted by atomic mass is 32.2. The molecule has 0 aliphatic rings. The molecule has 0 heterocycles. The number of hydrogen-bond acceptors (Lipinski definition) is 3. The van der Waals surface area contributed by atoms with E-state index in [9.17, 15) is 0 Å². The van der Waals surface area contributed by atoms with Gasteiger partial charge in [-0.3, -0.25) is 0 Å². The van der Waals surface area contributed by atoms with E-state index in [0.717, 1.165) is 18.3 Å². The minimum Gasteiger partial charge on any atom is -0.371 e. The van der Waals surface area contributed by atoms with Gasteiger partial charge in [0.1, 0.15) is 0 Å². The third-order valence-corrected chi connectivity index (χ3v) is 2.52. The molecule has 0 aliphatic heterocycles. The van der Waals surface area contributed by atoms with Gasteiger partial charge in [0, 0.05) is 6.26 Å². The fraction of sp³-hybridized carbons (Fsp3) is 0.750. The SMILES string of the molecule is [CH2]SCCCSCOC[CH]C. The molecule has 2 radical (unpaired) electrons. The number of rotatable bonds is 8. The lowest BCUT2D eigenvalue weighted by atomic mass is 10.5. The molecule has 0 aromatic heterocycles. The Balaban J connectivity index is 2.69. The second kappa shape index (κ2) is 10.7. The molecule has 0 amide bonds. The van der Waals surface area contributed by atoms with Crippen LogP contribution in [0.4, 0.5) is 0 Å². The summed E-state index contributed by atoms with van der Waals surface area (Å²) < 4.78 is 5.25. The van der Waals surface area contributed by atoms with Crippen LogP contribution in [0.5, 0.6) is 0 Å². The van der Waals surface area contributed by atoms with Gasteiger partial charge in [-0.05, 0) is 24.3 Å². The molecular formula is C8H16OS2. The van der Waals surface area contributed by atoms with E-state index in [1.165, 1.54) is 12.2 Å². The van der Waals surface area contributed by atoms with Gasteiger partial charge in [-0.1, -0.05) is 6.92 Å². The van der Waals surface area contributed by atoms with E-state index in [1.807, 2.05) is 25.1 Å². The van der Waals surface area contributed by atoms with E-state index < -0.39 is 0 Å². The molecule has 0 saturated carbocycles. The van der Waals surface area contributed by atoms with Gasteiger partial charge in [-0.25, -0.2) is 0 Å². The summed E-state index contributed by atoms with van der Waals surface area (Å²) in [6.07, 6.45) is 6.96. The normalized spacial score (nSPS) is 10.4. The van der Waals surface area contributed by atoms with Crippen LogP contribution in [0.2, 0.25) is 0 Å². The van der Waals surface area contributed by atoms with E-state index in [4.69, 9.17) is 4.74 Å². The Morgan fingerprint density at radius 1 is 1.45 bits per heavy atom. The zero-order chi connectivity index (χ0) is 8.36. The first kappa shape index (κ1) is 11.7.